The Balaban J connectivity index is 1.67. The van der Waals surface area contributed by atoms with Gasteiger partial charge in [-0.15, -0.1) is 13.2 Å². The number of rotatable bonds is 8. The van der Waals surface area contributed by atoms with Gasteiger partial charge in [0.25, 0.3) is 6.20 Å². The summed E-state index contributed by atoms with van der Waals surface area (Å²) in [7, 11) is 0. The van der Waals surface area contributed by atoms with Gasteiger partial charge < -0.3 is 25.2 Å². The Morgan fingerprint density at radius 1 is 1.15 bits per heavy atom. The van der Waals surface area contributed by atoms with E-state index >= 15 is 0 Å². The highest BCUT2D eigenvalue weighted by molar-refractivity contribution is 5.88. The topological polar surface area (TPSA) is 117 Å². The molecule has 0 aliphatic carbocycles. The summed E-state index contributed by atoms with van der Waals surface area (Å²) in [5.74, 6) is -1.01. The second kappa shape index (κ2) is 11.1. The van der Waals surface area contributed by atoms with Crippen LogP contribution in [0.5, 0.6) is 5.75 Å². The molecule has 2 aliphatic rings. The average molecular weight is 485 g/mol. The van der Waals surface area contributed by atoms with E-state index in [1.807, 2.05) is 0 Å². The smallest absolute Gasteiger partial charge is 0.406 e. The third-order valence-corrected chi connectivity index (χ3v) is 5.50. The highest BCUT2D eigenvalue weighted by Crippen LogP contribution is 2.24. The molecule has 0 saturated carbocycles. The van der Waals surface area contributed by atoms with Crippen molar-refractivity contribution in [2.24, 2.45) is 0 Å². The minimum Gasteiger partial charge on any atom is -0.406 e. The Bertz CT molecular complexity index is 916. The molecule has 2 fully saturated rings. The number of ether oxygens (including phenoxy) is 1. The molecule has 186 valence electrons. The zero-order chi connectivity index (χ0) is 24.7. The van der Waals surface area contributed by atoms with Gasteiger partial charge in [0, 0.05) is 25.3 Å². The number of carbonyl (C=O) groups excluding carboxylic acids is 2. The molecule has 1 atom stereocenters. The van der Waals surface area contributed by atoms with Crippen LogP contribution in [0.15, 0.2) is 36.3 Å². The second-order valence-electron chi connectivity index (χ2n) is 8.07. The number of amides is 2. The lowest BCUT2D eigenvalue weighted by Crippen LogP contribution is -2.49. The molecule has 2 amide bonds. The monoisotopic (exact) mass is 485 g/mol. The van der Waals surface area contributed by atoms with Gasteiger partial charge in [0.1, 0.15) is 11.8 Å². The number of hydrogen-bond donors (Lipinski definition) is 2. The Hall–Kier alpha value is -3.51. The molecular formula is C21H26F3N5O5. The number of likely N-dealkylation sites (tertiary alicyclic amines) is 2. The number of alkyl halides is 3. The molecule has 0 aromatic heterocycles. The van der Waals surface area contributed by atoms with Gasteiger partial charge in [0.05, 0.1) is 11.5 Å². The van der Waals surface area contributed by atoms with Gasteiger partial charge in [-0.3, -0.25) is 19.7 Å². The molecule has 0 bridgehead atoms. The second-order valence-corrected chi connectivity index (χ2v) is 8.07. The number of nitrogens with zero attached hydrogens (tertiary/aromatic N) is 3. The first kappa shape index (κ1) is 25.1. The van der Waals surface area contributed by atoms with E-state index in [0.717, 1.165) is 25.0 Å². The molecule has 0 spiro atoms. The Kier molecular flexibility index (Phi) is 8.18. The fourth-order valence-electron chi connectivity index (χ4n) is 3.92. The van der Waals surface area contributed by atoms with Crippen molar-refractivity contribution in [2.75, 3.05) is 31.5 Å². The van der Waals surface area contributed by atoms with E-state index in [1.54, 1.807) is 4.90 Å². The lowest BCUT2D eigenvalue weighted by atomic mass is 10.1. The molecule has 3 rings (SSSR count). The van der Waals surface area contributed by atoms with Crippen molar-refractivity contribution in [1.29, 1.82) is 0 Å². The Labute approximate surface area is 193 Å². The zero-order valence-corrected chi connectivity index (χ0v) is 18.3. The predicted molar refractivity (Wildman–Crippen MR) is 115 cm³/mol. The Morgan fingerprint density at radius 3 is 2.41 bits per heavy atom. The quantitative estimate of drug-likeness (QED) is 0.430. The van der Waals surface area contributed by atoms with Gasteiger partial charge >= 0.3 is 6.36 Å². The summed E-state index contributed by atoms with van der Waals surface area (Å²) in [6, 6.07) is 3.82. The number of benzene rings is 1. The highest BCUT2D eigenvalue weighted by Gasteiger charge is 2.32. The lowest BCUT2D eigenvalue weighted by Gasteiger charge is -2.27. The van der Waals surface area contributed by atoms with Crippen LogP contribution in [0.1, 0.15) is 32.1 Å². The summed E-state index contributed by atoms with van der Waals surface area (Å²) in [6.07, 6.45) is -0.552. The summed E-state index contributed by atoms with van der Waals surface area (Å²) in [5.41, 5.74) is 0.247. The van der Waals surface area contributed by atoms with Crippen LogP contribution in [-0.4, -0.2) is 65.1 Å². The van der Waals surface area contributed by atoms with Crippen molar-refractivity contribution in [3.63, 3.8) is 0 Å². The van der Waals surface area contributed by atoms with Gasteiger partial charge in [0.2, 0.25) is 11.8 Å². The first-order valence-electron chi connectivity index (χ1n) is 10.9. The average Bonchev–Trinajstić information content (AvgIpc) is 3.24. The van der Waals surface area contributed by atoms with Gasteiger partial charge in [-0.25, -0.2) is 0 Å². The van der Waals surface area contributed by atoms with Crippen molar-refractivity contribution in [3.05, 3.63) is 46.4 Å². The predicted octanol–water partition coefficient (Wildman–Crippen LogP) is 2.67. The van der Waals surface area contributed by atoms with E-state index in [0.29, 0.717) is 45.1 Å². The SMILES string of the molecule is O=C(CN1CCCCC(NC(=C[N+](=O)[O-])Nc2ccc(OC(F)(F)F)cc2)C1=O)N1CCCC1. The minimum absolute atomic E-state index is 0.0423. The normalized spacial score (nSPS) is 19.6. The standard InChI is InChI=1S/C21H26F3N5O5/c22-21(23,24)34-16-8-6-15(7-9-16)25-18(13-29(32)33)26-17-5-1-2-12-28(20(17)31)14-19(30)27-10-3-4-11-27/h6-9,13,17,25-26H,1-5,10-12,14H2. The summed E-state index contributed by atoms with van der Waals surface area (Å²) in [5, 5.41) is 16.7. The maximum Gasteiger partial charge on any atom is 0.573 e. The van der Waals surface area contributed by atoms with Crippen LogP contribution in [0, 0.1) is 10.1 Å². The van der Waals surface area contributed by atoms with Crippen molar-refractivity contribution >= 4 is 17.5 Å². The van der Waals surface area contributed by atoms with Crippen LogP contribution >= 0.6 is 0 Å². The van der Waals surface area contributed by atoms with E-state index in [1.165, 1.54) is 17.0 Å². The number of carbonyl (C=O) groups is 2. The number of nitrogens with one attached hydrogen (secondary N) is 2. The maximum absolute atomic E-state index is 13.1. The maximum atomic E-state index is 13.1. The van der Waals surface area contributed by atoms with Crippen LogP contribution < -0.4 is 15.4 Å². The van der Waals surface area contributed by atoms with Crippen molar-refractivity contribution in [1.82, 2.24) is 15.1 Å². The highest BCUT2D eigenvalue weighted by atomic mass is 19.4. The van der Waals surface area contributed by atoms with Gasteiger partial charge in [-0.1, -0.05) is 0 Å². The third kappa shape index (κ3) is 7.52. The van der Waals surface area contributed by atoms with Crippen molar-refractivity contribution in [2.45, 2.75) is 44.5 Å². The molecule has 10 nitrogen and oxygen atoms in total. The zero-order valence-electron chi connectivity index (χ0n) is 18.3. The van der Waals surface area contributed by atoms with Crippen molar-refractivity contribution in [3.8, 4) is 5.75 Å². The number of hydrogen-bond acceptors (Lipinski definition) is 7. The molecule has 2 aliphatic heterocycles. The van der Waals surface area contributed by atoms with Crippen LogP contribution in [0.4, 0.5) is 18.9 Å². The third-order valence-electron chi connectivity index (χ3n) is 5.50. The first-order chi connectivity index (χ1) is 16.1. The van der Waals surface area contributed by atoms with E-state index in [2.05, 4.69) is 15.4 Å². The van der Waals surface area contributed by atoms with Crippen LogP contribution in [0.3, 0.4) is 0 Å². The van der Waals surface area contributed by atoms with Gasteiger partial charge in [0.15, 0.2) is 5.82 Å². The molecule has 1 aromatic rings. The van der Waals surface area contributed by atoms with E-state index in [-0.39, 0.29) is 29.9 Å². The number of nitro groups is 1. The van der Waals surface area contributed by atoms with Gasteiger partial charge in [-0.2, -0.15) is 0 Å². The molecule has 1 unspecified atom stereocenters. The molecule has 34 heavy (non-hydrogen) atoms. The summed E-state index contributed by atoms with van der Waals surface area (Å²) >= 11 is 0. The van der Waals surface area contributed by atoms with Crippen LogP contribution in [0.25, 0.3) is 0 Å². The fraction of sp³-hybridized carbons (Fsp3) is 0.524. The van der Waals surface area contributed by atoms with Crippen LogP contribution in [-0.2, 0) is 9.59 Å². The number of halogens is 3. The molecule has 1 aromatic carbocycles. The first-order valence-corrected chi connectivity index (χ1v) is 10.9. The fourth-order valence-corrected chi connectivity index (χ4v) is 3.92. The van der Waals surface area contributed by atoms with Crippen LogP contribution in [0.2, 0.25) is 0 Å². The molecule has 2 saturated heterocycles. The van der Waals surface area contributed by atoms with Crippen molar-refractivity contribution < 1.29 is 32.4 Å². The van der Waals surface area contributed by atoms with E-state index in [9.17, 15) is 32.9 Å². The molecule has 2 heterocycles. The summed E-state index contributed by atoms with van der Waals surface area (Å²) < 4.78 is 40.8. The molecule has 0 radical (unpaired) electrons. The van der Waals surface area contributed by atoms with E-state index in [4.69, 9.17) is 0 Å². The van der Waals surface area contributed by atoms with E-state index < -0.39 is 23.1 Å². The van der Waals surface area contributed by atoms with Gasteiger partial charge in [-0.05, 0) is 56.4 Å². The molecular weight excluding hydrogens is 459 g/mol. The minimum atomic E-state index is -4.84. The molecule has 2 N–H and O–H groups in total. The lowest BCUT2D eigenvalue weighted by molar-refractivity contribution is -0.403. The Morgan fingerprint density at radius 2 is 1.79 bits per heavy atom. The largest absolute Gasteiger partial charge is 0.573 e. The summed E-state index contributed by atoms with van der Waals surface area (Å²) in [4.78, 5) is 39.2. The number of anilines is 1. The molecule has 13 heteroatoms. The summed E-state index contributed by atoms with van der Waals surface area (Å²) in [6.45, 7) is 1.72.